The maximum Gasteiger partial charge on any atom is 0.119 e. The van der Waals surface area contributed by atoms with Gasteiger partial charge in [-0.3, -0.25) is 5.41 Å². The van der Waals surface area contributed by atoms with Crippen molar-refractivity contribution in [2.75, 3.05) is 6.61 Å². The first kappa shape index (κ1) is 16.5. The van der Waals surface area contributed by atoms with Crippen molar-refractivity contribution < 1.29 is 4.74 Å². The molecule has 0 radical (unpaired) electrons. The number of rotatable bonds is 6. The van der Waals surface area contributed by atoms with E-state index in [1.807, 2.05) is 12.1 Å². The molecule has 1 aromatic rings. The van der Waals surface area contributed by atoms with Crippen LogP contribution >= 0.6 is 0 Å². The maximum absolute atomic E-state index is 7.16. The molecule has 0 amide bonds. The zero-order valence-electron chi connectivity index (χ0n) is 13.4. The van der Waals surface area contributed by atoms with Crippen molar-refractivity contribution in [3.8, 4) is 5.75 Å². The molecule has 0 aliphatic carbocycles. The van der Waals surface area contributed by atoms with Crippen LogP contribution in [-0.4, -0.2) is 12.4 Å². The van der Waals surface area contributed by atoms with Gasteiger partial charge in [0.2, 0.25) is 0 Å². The topological polar surface area (TPSA) is 59.1 Å². The average Bonchev–Trinajstić information content (AvgIpc) is 2.26. The highest BCUT2D eigenvalue weighted by molar-refractivity contribution is 5.76. The molecule has 0 saturated heterocycles. The molecule has 112 valence electrons. The van der Waals surface area contributed by atoms with E-state index in [1.165, 1.54) is 5.56 Å². The van der Waals surface area contributed by atoms with Crippen LogP contribution in [-0.2, 0) is 5.41 Å². The Labute approximate surface area is 123 Å². The number of nitrogens with two attached hydrogens (primary N) is 1. The van der Waals surface area contributed by atoms with Crippen LogP contribution in [0.4, 0.5) is 0 Å². The zero-order chi connectivity index (χ0) is 15.4. The highest BCUT2D eigenvalue weighted by Crippen LogP contribution is 2.36. The predicted octanol–water partition coefficient (Wildman–Crippen LogP) is 4.11. The van der Waals surface area contributed by atoms with E-state index in [4.69, 9.17) is 15.9 Å². The van der Waals surface area contributed by atoms with Gasteiger partial charge in [0.05, 0.1) is 12.4 Å². The van der Waals surface area contributed by atoms with Crippen molar-refractivity contribution in [3.05, 3.63) is 29.8 Å². The molecule has 20 heavy (non-hydrogen) atoms. The SMILES string of the molecule is CC(C)(C)CC(C)(C)c1ccc(OCCC(=N)N)cc1. The Bertz CT molecular complexity index is 441. The van der Waals surface area contributed by atoms with Crippen LogP contribution in [0.2, 0.25) is 0 Å². The Balaban J connectivity index is 2.68. The molecule has 0 unspecified atom stereocenters. The largest absolute Gasteiger partial charge is 0.493 e. The van der Waals surface area contributed by atoms with Crippen LogP contribution < -0.4 is 10.5 Å². The number of amidine groups is 1. The monoisotopic (exact) mass is 276 g/mol. The highest BCUT2D eigenvalue weighted by atomic mass is 16.5. The average molecular weight is 276 g/mol. The summed E-state index contributed by atoms with van der Waals surface area (Å²) in [5.74, 6) is 0.995. The molecular weight excluding hydrogens is 248 g/mol. The van der Waals surface area contributed by atoms with Gasteiger partial charge in [-0.25, -0.2) is 0 Å². The summed E-state index contributed by atoms with van der Waals surface area (Å²) in [6.07, 6.45) is 1.60. The normalized spacial score (nSPS) is 12.2. The molecule has 0 spiro atoms. The minimum absolute atomic E-state index is 0.149. The Hall–Kier alpha value is -1.51. The quantitative estimate of drug-likeness (QED) is 0.607. The first-order chi connectivity index (χ1) is 9.10. The molecule has 0 atom stereocenters. The second kappa shape index (κ2) is 6.29. The second-order valence-corrected chi connectivity index (χ2v) is 7.27. The summed E-state index contributed by atoms with van der Waals surface area (Å²) in [6.45, 7) is 11.8. The maximum atomic E-state index is 7.16. The van der Waals surface area contributed by atoms with Gasteiger partial charge in [-0.1, -0.05) is 46.8 Å². The fourth-order valence-corrected chi connectivity index (χ4v) is 2.71. The molecule has 0 aromatic heterocycles. The lowest BCUT2D eigenvalue weighted by Crippen LogP contribution is -2.24. The number of nitrogens with one attached hydrogen (secondary N) is 1. The van der Waals surface area contributed by atoms with Gasteiger partial charge in [-0.05, 0) is 34.9 Å². The van der Waals surface area contributed by atoms with E-state index in [-0.39, 0.29) is 11.3 Å². The fourth-order valence-electron chi connectivity index (χ4n) is 2.71. The number of hydrogen-bond acceptors (Lipinski definition) is 2. The van der Waals surface area contributed by atoms with Crippen LogP contribution in [0.5, 0.6) is 5.75 Å². The molecule has 0 saturated carbocycles. The number of hydrogen-bond donors (Lipinski definition) is 2. The van der Waals surface area contributed by atoms with Crippen LogP contribution in [0, 0.1) is 10.8 Å². The van der Waals surface area contributed by atoms with Gasteiger partial charge < -0.3 is 10.5 Å². The smallest absolute Gasteiger partial charge is 0.119 e. The van der Waals surface area contributed by atoms with Crippen molar-refractivity contribution in [2.45, 2.75) is 52.9 Å². The second-order valence-electron chi connectivity index (χ2n) is 7.27. The van der Waals surface area contributed by atoms with E-state index in [0.29, 0.717) is 18.4 Å². The lowest BCUT2D eigenvalue weighted by atomic mass is 9.72. The van der Waals surface area contributed by atoms with Crippen molar-refractivity contribution >= 4 is 5.84 Å². The lowest BCUT2D eigenvalue weighted by molar-refractivity contribution is 0.283. The van der Waals surface area contributed by atoms with Crippen molar-refractivity contribution in [1.29, 1.82) is 5.41 Å². The summed E-state index contributed by atoms with van der Waals surface area (Å²) in [6, 6.07) is 8.27. The minimum Gasteiger partial charge on any atom is -0.493 e. The summed E-state index contributed by atoms with van der Waals surface area (Å²) in [5, 5.41) is 7.16. The Kier molecular flexibility index (Phi) is 5.21. The third-order valence-electron chi connectivity index (χ3n) is 3.25. The highest BCUT2D eigenvalue weighted by Gasteiger charge is 2.27. The molecule has 0 aliphatic heterocycles. The predicted molar refractivity (Wildman–Crippen MR) is 85.6 cm³/mol. The van der Waals surface area contributed by atoms with Crippen LogP contribution in [0.15, 0.2) is 24.3 Å². The molecule has 1 rings (SSSR count). The Morgan fingerprint density at radius 1 is 1.10 bits per heavy atom. The van der Waals surface area contributed by atoms with Gasteiger partial charge in [0, 0.05) is 6.42 Å². The lowest BCUT2D eigenvalue weighted by Gasteiger charge is -2.33. The van der Waals surface area contributed by atoms with Gasteiger partial charge in [-0.15, -0.1) is 0 Å². The molecule has 0 aliphatic rings. The molecule has 1 aromatic carbocycles. The van der Waals surface area contributed by atoms with Crippen molar-refractivity contribution in [1.82, 2.24) is 0 Å². The van der Waals surface area contributed by atoms with E-state index >= 15 is 0 Å². The molecule has 3 N–H and O–H groups in total. The Morgan fingerprint density at radius 3 is 2.10 bits per heavy atom. The summed E-state index contributed by atoms with van der Waals surface area (Å²) >= 11 is 0. The van der Waals surface area contributed by atoms with Crippen molar-refractivity contribution in [3.63, 3.8) is 0 Å². The van der Waals surface area contributed by atoms with Crippen LogP contribution in [0.3, 0.4) is 0 Å². The van der Waals surface area contributed by atoms with E-state index < -0.39 is 0 Å². The van der Waals surface area contributed by atoms with Crippen molar-refractivity contribution in [2.24, 2.45) is 11.1 Å². The van der Waals surface area contributed by atoms with Gasteiger partial charge in [0.1, 0.15) is 5.75 Å². The van der Waals surface area contributed by atoms with E-state index in [0.717, 1.165) is 12.2 Å². The van der Waals surface area contributed by atoms with E-state index in [9.17, 15) is 0 Å². The van der Waals surface area contributed by atoms with Gasteiger partial charge >= 0.3 is 0 Å². The molecule has 3 nitrogen and oxygen atoms in total. The zero-order valence-corrected chi connectivity index (χ0v) is 13.4. The standard InChI is InChI=1S/C17H28N2O/c1-16(2,3)12-17(4,5)13-6-8-14(9-7-13)20-11-10-15(18)19/h6-9H,10-12H2,1-5H3,(H3,18,19). The molecule has 3 heteroatoms. The van der Waals surface area contributed by atoms with Crippen LogP contribution in [0.1, 0.15) is 53.0 Å². The third-order valence-corrected chi connectivity index (χ3v) is 3.25. The van der Waals surface area contributed by atoms with E-state index in [2.05, 4.69) is 46.8 Å². The van der Waals surface area contributed by atoms with Gasteiger partial charge in [0.15, 0.2) is 0 Å². The van der Waals surface area contributed by atoms with Gasteiger partial charge in [0.25, 0.3) is 0 Å². The fraction of sp³-hybridized carbons (Fsp3) is 0.588. The van der Waals surface area contributed by atoms with Gasteiger partial charge in [-0.2, -0.15) is 0 Å². The van der Waals surface area contributed by atoms with E-state index in [1.54, 1.807) is 0 Å². The number of benzene rings is 1. The third kappa shape index (κ3) is 5.64. The first-order valence-corrected chi connectivity index (χ1v) is 7.16. The minimum atomic E-state index is 0.149. The van der Waals surface area contributed by atoms with Crippen LogP contribution in [0.25, 0.3) is 0 Å². The Morgan fingerprint density at radius 2 is 1.65 bits per heavy atom. The molecule has 0 bridgehead atoms. The summed E-state index contributed by atoms with van der Waals surface area (Å²) < 4.78 is 5.56. The molecule has 0 heterocycles. The summed E-state index contributed by atoms with van der Waals surface area (Å²) in [7, 11) is 0. The first-order valence-electron chi connectivity index (χ1n) is 7.16. The molecule has 0 fully saturated rings. The number of ether oxygens (including phenoxy) is 1. The summed E-state index contributed by atoms with van der Waals surface area (Å²) in [4.78, 5) is 0. The summed E-state index contributed by atoms with van der Waals surface area (Å²) in [5.41, 5.74) is 7.08. The molecular formula is C17H28N2O.